The Morgan fingerprint density at radius 3 is 2.50 bits per heavy atom. The van der Waals surface area contributed by atoms with E-state index in [1.165, 1.54) is 38.5 Å². The number of likely N-dealkylation sites (tertiary alicyclic amines) is 1. The highest BCUT2D eigenvalue weighted by molar-refractivity contribution is 5.78. The van der Waals surface area contributed by atoms with Crippen LogP contribution in [-0.4, -0.2) is 60.5 Å². The lowest BCUT2D eigenvalue weighted by molar-refractivity contribution is -0.137. The van der Waals surface area contributed by atoms with Gasteiger partial charge in [0.25, 0.3) is 0 Å². The Balaban J connectivity index is 1.63. The molecular formula is C18H33N3O. The largest absolute Gasteiger partial charge is 0.341 e. The zero-order valence-electron chi connectivity index (χ0n) is 14.4. The molecule has 1 spiro atoms. The Kier molecular flexibility index (Phi) is 5.08. The van der Waals surface area contributed by atoms with Gasteiger partial charge >= 0.3 is 0 Å². The summed E-state index contributed by atoms with van der Waals surface area (Å²) in [5, 5.41) is 3.58. The monoisotopic (exact) mass is 307 g/mol. The summed E-state index contributed by atoms with van der Waals surface area (Å²) < 4.78 is 0. The van der Waals surface area contributed by atoms with Crippen molar-refractivity contribution < 1.29 is 4.79 Å². The van der Waals surface area contributed by atoms with Gasteiger partial charge < -0.3 is 10.2 Å². The van der Waals surface area contributed by atoms with Crippen LogP contribution >= 0.6 is 0 Å². The topological polar surface area (TPSA) is 35.6 Å². The van der Waals surface area contributed by atoms with Crippen molar-refractivity contribution in [2.24, 2.45) is 11.8 Å². The van der Waals surface area contributed by atoms with Crippen molar-refractivity contribution in [2.75, 3.05) is 39.3 Å². The molecule has 0 radical (unpaired) electrons. The third-order valence-corrected chi connectivity index (χ3v) is 6.02. The summed E-state index contributed by atoms with van der Waals surface area (Å²) in [7, 11) is 0. The van der Waals surface area contributed by atoms with Crippen LogP contribution in [0.5, 0.6) is 0 Å². The van der Waals surface area contributed by atoms with Crippen molar-refractivity contribution in [1.29, 1.82) is 0 Å². The van der Waals surface area contributed by atoms with E-state index < -0.39 is 0 Å². The van der Waals surface area contributed by atoms with E-state index in [1.807, 2.05) is 0 Å². The fraction of sp³-hybridized carbons (Fsp3) is 0.944. The summed E-state index contributed by atoms with van der Waals surface area (Å²) in [6.45, 7) is 10.3. The number of amides is 1. The highest BCUT2D eigenvalue weighted by Gasteiger charge is 2.41. The van der Waals surface area contributed by atoms with Gasteiger partial charge in [-0.15, -0.1) is 0 Å². The van der Waals surface area contributed by atoms with Crippen molar-refractivity contribution in [3.05, 3.63) is 0 Å². The molecule has 126 valence electrons. The molecular weight excluding hydrogens is 274 g/mol. The van der Waals surface area contributed by atoms with Crippen molar-refractivity contribution in [3.63, 3.8) is 0 Å². The first kappa shape index (κ1) is 16.3. The van der Waals surface area contributed by atoms with Gasteiger partial charge in [0.2, 0.25) is 5.91 Å². The molecule has 0 bridgehead atoms. The Labute approximate surface area is 135 Å². The average Bonchev–Trinajstić information content (AvgIpc) is 2.49. The second kappa shape index (κ2) is 6.88. The number of hydrogen-bond donors (Lipinski definition) is 1. The van der Waals surface area contributed by atoms with Crippen LogP contribution in [0.4, 0.5) is 0 Å². The normalized spacial score (nSPS) is 33.1. The quantitative estimate of drug-likeness (QED) is 0.848. The number of carbonyl (C=O) groups excluding carboxylic acids is 1. The Hall–Kier alpha value is -0.610. The highest BCUT2D eigenvalue weighted by atomic mass is 16.2. The second-order valence-electron chi connectivity index (χ2n) is 8.13. The van der Waals surface area contributed by atoms with Crippen molar-refractivity contribution >= 4 is 5.91 Å². The van der Waals surface area contributed by atoms with Gasteiger partial charge in [-0.05, 0) is 31.1 Å². The fourth-order valence-corrected chi connectivity index (χ4v) is 4.96. The first-order valence-corrected chi connectivity index (χ1v) is 9.33. The van der Waals surface area contributed by atoms with E-state index in [2.05, 4.69) is 29.0 Å². The van der Waals surface area contributed by atoms with Gasteiger partial charge in [-0.1, -0.05) is 33.1 Å². The molecule has 0 aromatic heterocycles. The van der Waals surface area contributed by atoms with Crippen LogP contribution in [0.25, 0.3) is 0 Å². The molecule has 0 aromatic carbocycles. The summed E-state index contributed by atoms with van der Waals surface area (Å²) in [6.07, 6.45) is 7.81. The van der Waals surface area contributed by atoms with E-state index in [9.17, 15) is 4.79 Å². The van der Waals surface area contributed by atoms with E-state index in [1.54, 1.807) is 0 Å². The summed E-state index contributed by atoms with van der Waals surface area (Å²) in [5.41, 5.74) is 0.263. The number of nitrogens with one attached hydrogen (secondary N) is 1. The minimum absolute atomic E-state index is 0.263. The maximum atomic E-state index is 12.8. The predicted molar refractivity (Wildman–Crippen MR) is 89.8 cm³/mol. The lowest BCUT2D eigenvalue weighted by Crippen LogP contribution is -2.64. The van der Waals surface area contributed by atoms with Gasteiger partial charge in [0.1, 0.15) is 0 Å². The molecule has 2 saturated heterocycles. The Morgan fingerprint density at radius 2 is 1.82 bits per heavy atom. The molecule has 2 heterocycles. The molecule has 0 aromatic rings. The molecule has 3 aliphatic rings. The number of piperidine rings is 1. The molecule has 3 rings (SSSR count). The molecule has 1 N–H and O–H groups in total. The highest BCUT2D eigenvalue weighted by Crippen LogP contribution is 2.34. The van der Waals surface area contributed by atoms with E-state index in [4.69, 9.17) is 0 Å². The third kappa shape index (κ3) is 3.48. The lowest BCUT2D eigenvalue weighted by atomic mass is 9.79. The standard InChI is InChI=1S/C18H33N3O/c1-15-10-16(2)12-20(11-15)17(22)13-21-9-8-19-14-18(21)6-4-3-5-7-18/h15-16,19H,3-14H2,1-2H3. The zero-order chi connectivity index (χ0) is 15.6. The SMILES string of the molecule is CC1CC(C)CN(C(=O)CN2CCNCC23CCCCC3)C1. The van der Waals surface area contributed by atoms with Gasteiger partial charge in [-0.3, -0.25) is 9.69 Å². The smallest absolute Gasteiger partial charge is 0.236 e. The van der Waals surface area contributed by atoms with Crippen molar-refractivity contribution in [3.8, 4) is 0 Å². The minimum Gasteiger partial charge on any atom is -0.341 e. The van der Waals surface area contributed by atoms with E-state index in [-0.39, 0.29) is 5.54 Å². The van der Waals surface area contributed by atoms with Crippen LogP contribution in [0.1, 0.15) is 52.4 Å². The summed E-state index contributed by atoms with van der Waals surface area (Å²) in [4.78, 5) is 17.5. The van der Waals surface area contributed by atoms with Gasteiger partial charge in [0.15, 0.2) is 0 Å². The summed E-state index contributed by atoms with van der Waals surface area (Å²) in [5.74, 6) is 1.67. The van der Waals surface area contributed by atoms with Crippen LogP contribution in [-0.2, 0) is 4.79 Å². The fourth-order valence-electron chi connectivity index (χ4n) is 4.96. The molecule has 2 atom stereocenters. The minimum atomic E-state index is 0.263. The first-order chi connectivity index (χ1) is 10.6. The second-order valence-corrected chi connectivity index (χ2v) is 8.13. The van der Waals surface area contributed by atoms with Gasteiger partial charge in [0, 0.05) is 38.3 Å². The molecule has 4 heteroatoms. The van der Waals surface area contributed by atoms with Crippen LogP contribution in [0.3, 0.4) is 0 Å². The van der Waals surface area contributed by atoms with Gasteiger partial charge in [0.05, 0.1) is 6.54 Å². The predicted octanol–water partition coefficient (Wildman–Crippen LogP) is 2.10. The zero-order valence-corrected chi connectivity index (χ0v) is 14.4. The maximum absolute atomic E-state index is 12.8. The molecule has 4 nitrogen and oxygen atoms in total. The molecule has 2 aliphatic heterocycles. The molecule has 1 amide bonds. The average molecular weight is 307 g/mol. The van der Waals surface area contributed by atoms with Crippen LogP contribution in [0.2, 0.25) is 0 Å². The van der Waals surface area contributed by atoms with E-state index >= 15 is 0 Å². The number of rotatable bonds is 2. The van der Waals surface area contributed by atoms with Crippen molar-refractivity contribution in [2.45, 2.75) is 57.9 Å². The van der Waals surface area contributed by atoms with Crippen LogP contribution < -0.4 is 5.32 Å². The molecule has 3 fully saturated rings. The molecule has 22 heavy (non-hydrogen) atoms. The van der Waals surface area contributed by atoms with E-state index in [0.717, 1.165) is 32.7 Å². The molecule has 1 aliphatic carbocycles. The first-order valence-electron chi connectivity index (χ1n) is 9.33. The van der Waals surface area contributed by atoms with Crippen molar-refractivity contribution in [1.82, 2.24) is 15.1 Å². The third-order valence-electron chi connectivity index (χ3n) is 6.02. The Bertz CT molecular complexity index is 374. The van der Waals surface area contributed by atoms with Crippen LogP contribution in [0, 0.1) is 11.8 Å². The van der Waals surface area contributed by atoms with E-state index in [0.29, 0.717) is 24.3 Å². The number of hydrogen-bond acceptors (Lipinski definition) is 3. The molecule has 2 unspecified atom stereocenters. The summed E-state index contributed by atoms with van der Waals surface area (Å²) in [6, 6.07) is 0. The Morgan fingerprint density at radius 1 is 1.14 bits per heavy atom. The number of piperazine rings is 1. The lowest BCUT2D eigenvalue weighted by Gasteiger charge is -2.50. The van der Waals surface area contributed by atoms with Crippen LogP contribution in [0.15, 0.2) is 0 Å². The maximum Gasteiger partial charge on any atom is 0.236 e. The molecule has 1 saturated carbocycles. The van der Waals surface area contributed by atoms with Gasteiger partial charge in [-0.2, -0.15) is 0 Å². The number of nitrogens with zero attached hydrogens (tertiary/aromatic N) is 2. The van der Waals surface area contributed by atoms with Gasteiger partial charge in [-0.25, -0.2) is 0 Å². The summed E-state index contributed by atoms with van der Waals surface area (Å²) >= 11 is 0. The number of carbonyl (C=O) groups is 1.